The topological polar surface area (TPSA) is 29.5 Å². The predicted octanol–water partition coefficient (Wildman–Crippen LogP) is 5.67. The van der Waals surface area contributed by atoms with Gasteiger partial charge in [0.2, 0.25) is 0 Å². The van der Waals surface area contributed by atoms with Crippen LogP contribution in [0.1, 0.15) is 27.7 Å². The molecule has 137 valence electrons. The van der Waals surface area contributed by atoms with E-state index in [0.717, 1.165) is 15.5 Å². The Morgan fingerprint density at radius 3 is 2.48 bits per heavy atom. The summed E-state index contributed by atoms with van der Waals surface area (Å²) in [5.41, 5.74) is -0.807. The summed E-state index contributed by atoms with van der Waals surface area (Å²) in [4.78, 5) is 0. The second-order valence-corrected chi connectivity index (χ2v) is 9.41. The highest BCUT2D eigenvalue weighted by Gasteiger charge is 2.35. The summed E-state index contributed by atoms with van der Waals surface area (Å²) in [6.45, 7) is 7.24. The summed E-state index contributed by atoms with van der Waals surface area (Å²) in [6.07, 6.45) is 0. The van der Waals surface area contributed by atoms with E-state index in [2.05, 4.69) is 42.5 Å². The molecule has 1 heterocycles. The second-order valence-electron chi connectivity index (χ2n) is 7.95. The summed E-state index contributed by atoms with van der Waals surface area (Å²) in [7, 11) is 1.69. The van der Waals surface area contributed by atoms with Crippen LogP contribution in [-0.2, 0) is 4.65 Å². The fourth-order valence-electron chi connectivity index (χ4n) is 3.06. The van der Waals surface area contributed by atoms with E-state index in [9.17, 15) is 5.11 Å². The van der Waals surface area contributed by atoms with Crippen LogP contribution in [0.25, 0.3) is 30.9 Å². The Balaban J connectivity index is 1.85. The van der Waals surface area contributed by atoms with Crippen LogP contribution < -0.4 is 5.46 Å². The number of halogens is 1. The SMILES string of the molecule is CC(C)(O)C(C)(C)O[B]c1cc(Cl)c2sc3ccc4ccccc4c3c2c1. The van der Waals surface area contributed by atoms with Crippen LogP contribution >= 0.6 is 22.9 Å². The molecule has 0 unspecified atom stereocenters. The Morgan fingerprint density at radius 2 is 1.74 bits per heavy atom. The van der Waals surface area contributed by atoms with Gasteiger partial charge >= 0.3 is 7.48 Å². The molecule has 3 aromatic carbocycles. The molecule has 0 fully saturated rings. The Labute approximate surface area is 169 Å². The van der Waals surface area contributed by atoms with Crippen LogP contribution in [0, 0.1) is 0 Å². The third kappa shape index (κ3) is 3.25. The molecule has 2 nitrogen and oxygen atoms in total. The van der Waals surface area contributed by atoms with E-state index in [0.29, 0.717) is 5.02 Å². The molecule has 0 saturated heterocycles. The molecule has 1 aromatic heterocycles. The minimum Gasteiger partial charge on any atom is -0.427 e. The van der Waals surface area contributed by atoms with Crippen molar-refractivity contribution in [2.24, 2.45) is 0 Å². The maximum absolute atomic E-state index is 10.3. The first-order valence-electron chi connectivity index (χ1n) is 8.94. The zero-order valence-electron chi connectivity index (χ0n) is 15.8. The van der Waals surface area contributed by atoms with Crippen LogP contribution in [0.4, 0.5) is 0 Å². The standard InChI is InChI=1S/C22H21BClO2S/c1-21(2,25)22(3,4)26-23-14-11-16-19-15-8-6-5-7-13(15)9-10-18(19)27-20(16)17(24)12-14/h5-12,25H,1-4H3. The van der Waals surface area contributed by atoms with Gasteiger partial charge < -0.3 is 9.76 Å². The number of hydrogen-bond donors (Lipinski definition) is 1. The maximum atomic E-state index is 10.3. The van der Waals surface area contributed by atoms with Gasteiger partial charge in [-0.05, 0) is 50.6 Å². The summed E-state index contributed by atoms with van der Waals surface area (Å²) in [5, 5.41) is 15.8. The Hall–Kier alpha value is -1.59. The summed E-state index contributed by atoms with van der Waals surface area (Å²) in [5.74, 6) is 0. The molecule has 4 aromatic rings. The molecule has 0 amide bonds. The normalized spacial score (nSPS) is 13.0. The quantitative estimate of drug-likeness (QED) is 0.451. The number of hydrogen-bond acceptors (Lipinski definition) is 3. The maximum Gasteiger partial charge on any atom is 0.330 e. The molecule has 1 N–H and O–H groups in total. The Bertz CT molecular complexity index is 1160. The molecule has 27 heavy (non-hydrogen) atoms. The van der Waals surface area contributed by atoms with Gasteiger partial charge in [-0.2, -0.15) is 0 Å². The minimum atomic E-state index is -0.970. The van der Waals surface area contributed by atoms with Gasteiger partial charge in [-0.25, -0.2) is 0 Å². The molecule has 0 spiro atoms. The molecule has 0 saturated carbocycles. The monoisotopic (exact) mass is 395 g/mol. The molecule has 5 heteroatoms. The van der Waals surface area contributed by atoms with E-state index >= 15 is 0 Å². The van der Waals surface area contributed by atoms with Gasteiger partial charge in [0.1, 0.15) is 0 Å². The first-order chi connectivity index (χ1) is 12.7. The Kier molecular flexibility index (Phi) is 4.51. The molecule has 4 rings (SSSR count). The van der Waals surface area contributed by atoms with Gasteiger partial charge in [0.05, 0.1) is 20.9 Å². The van der Waals surface area contributed by atoms with E-state index < -0.39 is 11.2 Å². The molecule has 1 radical (unpaired) electrons. The van der Waals surface area contributed by atoms with Crippen LogP contribution in [0.3, 0.4) is 0 Å². The van der Waals surface area contributed by atoms with Crippen molar-refractivity contribution in [1.29, 1.82) is 0 Å². The lowest BCUT2D eigenvalue weighted by Gasteiger charge is -2.37. The zero-order chi connectivity index (χ0) is 19.4. The lowest BCUT2D eigenvalue weighted by molar-refractivity contribution is -0.0893. The van der Waals surface area contributed by atoms with Crippen molar-refractivity contribution in [3.05, 3.63) is 53.6 Å². The average Bonchev–Trinajstić information content (AvgIpc) is 2.99. The van der Waals surface area contributed by atoms with Gasteiger partial charge in [-0.15, -0.1) is 11.3 Å². The highest BCUT2D eigenvalue weighted by atomic mass is 35.5. The van der Waals surface area contributed by atoms with E-state index in [4.69, 9.17) is 16.3 Å². The third-order valence-corrected chi connectivity index (χ3v) is 7.02. The number of rotatable bonds is 4. The summed E-state index contributed by atoms with van der Waals surface area (Å²) >= 11 is 8.32. The molecular formula is C22H21BClO2S. The van der Waals surface area contributed by atoms with Gasteiger partial charge in [0.15, 0.2) is 0 Å². The van der Waals surface area contributed by atoms with E-state index in [1.54, 1.807) is 32.7 Å². The number of thiophene rings is 1. The van der Waals surface area contributed by atoms with Gasteiger partial charge in [0.25, 0.3) is 0 Å². The molecule has 0 atom stereocenters. The van der Waals surface area contributed by atoms with Crippen molar-refractivity contribution in [3.8, 4) is 0 Å². The average molecular weight is 396 g/mol. The number of benzene rings is 3. The van der Waals surface area contributed by atoms with E-state index in [1.165, 1.54) is 20.9 Å². The second kappa shape index (κ2) is 6.49. The van der Waals surface area contributed by atoms with Crippen molar-refractivity contribution < 1.29 is 9.76 Å². The lowest BCUT2D eigenvalue weighted by atomic mass is 9.82. The highest BCUT2D eigenvalue weighted by molar-refractivity contribution is 7.26. The summed E-state index contributed by atoms with van der Waals surface area (Å²) in [6, 6.07) is 16.8. The molecule has 0 aliphatic heterocycles. The van der Waals surface area contributed by atoms with Crippen LogP contribution in [0.15, 0.2) is 48.5 Å². The van der Waals surface area contributed by atoms with Gasteiger partial charge in [-0.1, -0.05) is 53.5 Å². The third-order valence-electron chi connectivity index (χ3n) is 5.40. The van der Waals surface area contributed by atoms with Crippen LogP contribution in [-0.4, -0.2) is 23.8 Å². The van der Waals surface area contributed by atoms with E-state index in [1.807, 2.05) is 19.9 Å². The van der Waals surface area contributed by atoms with Crippen molar-refractivity contribution in [1.82, 2.24) is 0 Å². The Morgan fingerprint density at radius 1 is 1.00 bits per heavy atom. The highest BCUT2D eigenvalue weighted by Crippen LogP contribution is 2.40. The fraction of sp³-hybridized carbons (Fsp3) is 0.273. The van der Waals surface area contributed by atoms with Crippen molar-refractivity contribution >= 4 is 66.8 Å². The lowest BCUT2D eigenvalue weighted by Crippen LogP contribution is -2.49. The smallest absolute Gasteiger partial charge is 0.330 e. The molecule has 0 aliphatic rings. The molecule has 0 aliphatic carbocycles. The molecular weight excluding hydrogens is 375 g/mol. The van der Waals surface area contributed by atoms with Crippen molar-refractivity contribution in [2.45, 2.75) is 38.9 Å². The first-order valence-corrected chi connectivity index (χ1v) is 10.1. The van der Waals surface area contributed by atoms with Crippen molar-refractivity contribution in [2.75, 3.05) is 0 Å². The number of fused-ring (bicyclic) bond motifs is 5. The van der Waals surface area contributed by atoms with Gasteiger partial charge in [0, 0.05) is 15.5 Å². The number of aliphatic hydroxyl groups is 1. The van der Waals surface area contributed by atoms with Gasteiger partial charge in [-0.3, -0.25) is 0 Å². The zero-order valence-corrected chi connectivity index (χ0v) is 17.4. The van der Waals surface area contributed by atoms with Crippen LogP contribution in [0.5, 0.6) is 0 Å². The minimum absolute atomic E-state index is 0.716. The fourth-order valence-corrected chi connectivity index (χ4v) is 4.50. The van der Waals surface area contributed by atoms with Crippen molar-refractivity contribution in [3.63, 3.8) is 0 Å². The molecule has 0 bridgehead atoms. The largest absolute Gasteiger partial charge is 0.427 e. The summed E-state index contributed by atoms with van der Waals surface area (Å²) < 4.78 is 8.24. The van der Waals surface area contributed by atoms with E-state index in [-0.39, 0.29) is 0 Å². The predicted molar refractivity (Wildman–Crippen MR) is 119 cm³/mol. The first kappa shape index (κ1) is 18.8. The van der Waals surface area contributed by atoms with Crippen LogP contribution in [0.2, 0.25) is 5.02 Å².